The number of rotatable bonds is 3. The number of anilines is 1. The Labute approximate surface area is 157 Å². The fourth-order valence-electron chi connectivity index (χ4n) is 3.20. The molecule has 1 aliphatic rings. The lowest BCUT2D eigenvalue weighted by Crippen LogP contribution is -2.48. The van der Waals surface area contributed by atoms with Gasteiger partial charge in [-0.3, -0.25) is 4.90 Å². The summed E-state index contributed by atoms with van der Waals surface area (Å²) in [5.41, 5.74) is 5.60. The third-order valence-electron chi connectivity index (χ3n) is 4.23. The molecule has 2 heterocycles. The molecule has 1 unspecified atom stereocenters. The third-order valence-corrected chi connectivity index (χ3v) is 5.23. The number of nitrogens with zero attached hydrogens (tertiary/aromatic N) is 1. The lowest BCUT2D eigenvalue weighted by Gasteiger charge is -2.37. The number of nitrogens with one attached hydrogen (secondary N) is 1. The molecule has 25 heavy (non-hydrogen) atoms. The molecule has 0 spiro atoms. The number of aryl methyl sites for hydroxylation is 2. The number of esters is 1. The van der Waals surface area contributed by atoms with E-state index in [2.05, 4.69) is 23.5 Å². The van der Waals surface area contributed by atoms with Gasteiger partial charge in [0.15, 0.2) is 5.11 Å². The topological polar surface area (TPSA) is 41.6 Å². The Bertz CT molecular complexity index is 836. The van der Waals surface area contributed by atoms with Crippen LogP contribution in [0.15, 0.2) is 46.3 Å². The molecule has 1 N–H and O–H groups in total. The second kappa shape index (κ2) is 6.98. The number of thiocarbonyl (C=S) groups is 1. The van der Waals surface area contributed by atoms with Crippen molar-refractivity contribution in [3.63, 3.8) is 0 Å². The number of ether oxygens (including phenoxy) is 1. The van der Waals surface area contributed by atoms with Crippen molar-refractivity contribution in [1.29, 1.82) is 0 Å². The van der Waals surface area contributed by atoms with Crippen LogP contribution in [0.2, 0.25) is 0 Å². The Hall–Kier alpha value is -2.18. The van der Waals surface area contributed by atoms with E-state index in [0.29, 0.717) is 10.7 Å². The maximum Gasteiger partial charge on any atom is 0.337 e. The molecule has 130 valence electrons. The van der Waals surface area contributed by atoms with Gasteiger partial charge in [-0.15, -0.1) is 0 Å². The molecule has 0 saturated heterocycles. The summed E-state index contributed by atoms with van der Waals surface area (Å²) in [5, 5.41) is 7.89. The van der Waals surface area contributed by atoms with Crippen molar-refractivity contribution in [3.05, 3.63) is 63.0 Å². The molecule has 0 radical (unpaired) electrons. The number of allylic oxidation sites excluding steroid dienone is 1. The fourth-order valence-corrected chi connectivity index (χ4v) is 4.24. The minimum Gasteiger partial charge on any atom is -0.466 e. The van der Waals surface area contributed by atoms with E-state index in [0.717, 1.165) is 28.1 Å². The molecular weight excluding hydrogens is 352 g/mol. The Morgan fingerprint density at radius 2 is 1.92 bits per heavy atom. The van der Waals surface area contributed by atoms with Gasteiger partial charge in [-0.2, -0.15) is 11.3 Å². The van der Waals surface area contributed by atoms with Crippen molar-refractivity contribution < 1.29 is 9.53 Å². The Kier molecular flexibility index (Phi) is 4.92. The Morgan fingerprint density at radius 1 is 1.24 bits per heavy atom. The molecule has 3 rings (SSSR count). The normalized spacial score (nSPS) is 17.5. The summed E-state index contributed by atoms with van der Waals surface area (Å²) in [6, 6.07) is 7.92. The average molecular weight is 373 g/mol. The summed E-state index contributed by atoms with van der Waals surface area (Å²) in [6.07, 6.45) is 0. The predicted molar refractivity (Wildman–Crippen MR) is 106 cm³/mol. The van der Waals surface area contributed by atoms with Crippen LogP contribution in [-0.2, 0) is 9.53 Å². The van der Waals surface area contributed by atoms with E-state index in [9.17, 15) is 4.79 Å². The summed E-state index contributed by atoms with van der Waals surface area (Å²) < 4.78 is 5.05. The lowest BCUT2D eigenvalue weighted by atomic mass is 9.96. The standard InChI is InChI=1S/C19H20N2O2S2/c1-11-7-12(2)9-15(8-11)21-13(3)16(18(22)23-4)17(20-19(21)24)14-5-6-25-10-14/h5-10,17H,1-4H3,(H,20,24). The van der Waals surface area contributed by atoms with E-state index in [-0.39, 0.29) is 12.0 Å². The van der Waals surface area contributed by atoms with Crippen LogP contribution in [0.5, 0.6) is 0 Å². The van der Waals surface area contributed by atoms with Crippen LogP contribution in [0, 0.1) is 13.8 Å². The van der Waals surface area contributed by atoms with Crippen molar-refractivity contribution in [2.45, 2.75) is 26.8 Å². The molecule has 0 fully saturated rings. The molecule has 0 saturated carbocycles. The number of carbonyl (C=O) groups excluding carboxylic acids is 1. The molecule has 1 atom stereocenters. The number of hydrogen-bond acceptors (Lipinski definition) is 4. The van der Waals surface area contributed by atoms with E-state index in [1.54, 1.807) is 11.3 Å². The summed E-state index contributed by atoms with van der Waals surface area (Å²) in [6.45, 7) is 6.01. The van der Waals surface area contributed by atoms with E-state index in [4.69, 9.17) is 17.0 Å². The highest BCUT2D eigenvalue weighted by Crippen LogP contribution is 2.35. The second-order valence-corrected chi connectivity index (χ2v) is 7.28. The van der Waals surface area contributed by atoms with Crippen molar-refractivity contribution in [2.24, 2.45) is 0 Å². The van der Waals surface area contributed by atoms with E-state index in [1.165, 1.54) is 7.11 Å². The van der Waals surface area contributed by atoms with Gasteiger partial charge in [0.25, 0.3) is 0 Å². The Morgan fingerprint density at radius 3 is 2.48 bits per heavy atom. The summed E-state index contributed by atoms with van der Waals surface area (Å²) >= 11 is 7.22. The monoisotopic (exact) mass is 372 g/mol. The third kappa shape index (κ3) is 3.32. The molecule has 0 amide bonds. The zero-order valence-corrected chi connectivity index (χ0v) is 16.3. The number of thiophene rings is 1. The number of carbonyl (C=O) groups is 1. The first kappa shape index (κ1) is 17.6. The molecular formula is C19H20N2O2S2. The van der Waals surface area contributed by atoms with Crippen LogP contribution in [0.4, 0.5) is 5.69 Å². The fraction of sp³-hybridized carbons (Fsp3) is 0.263. The molecule has 1 aliphatic heterocycles. The van der Waals surface area contributed by atoms with Gasteiger partial charge in [0.1, 0.15) is 0 Å². The minimum atomic E-state index is -0.349. The molecule has 4 nitrogen and oxygen atoms in total. The van der Waals surface area contributed by atoms with Crippen LogP contribution >= 0.6 is 23.6 Å². The van der Waals surface area contributed by atoms with Gasteiger partial charge in [-0.1, -0.05) is 6.07 Å². The molecule has 6 heteroatoms. The maximum atomic E-state index is 12.5. The zero-order chi connectivity index (χ0) is 18.1. The smallest absolute Gasteiger partial charge is 0.337 e. The van der Waals surface area contributed by atoms with E-state index < -0.39 is 0 Å². The minimum absolute atomic E-state index is 0.298. The molecule has 2 aromatic rings. The first-order valence-corrected chi connectivity index (χ1v) is 9.27. The van der Waals surface area contributed by atoms with E-state index >= 15 is 0 Å². The first-order valence-electron chi connectivity index (χ1n) is 7.92. The highest BCUT2D eigenvalue weighted by Gasteiger charge is 2.35. The van der Waals surface area contributed by atoms with Gasteiger partial charge in [0, 0.05) is 11.4 Å². The van der Waals surface area contributed by atoms with Crippen molar-refractivity contribution in [2.75, 3.05) is 12.0 Å². The highest BCUT2D eigenvalue weighted by molar-refractivity contribution is 7.80. The molecule has 0 bridgehead atoms. The van der Waals surface area contributed by atoms with Gasteiger partial charge in [-0.05, 0) is 78.6 Å². The molecule has 1 aromatic heterocycles. The van der Waals surface area contributed by atoms with Crippen LogP contribution < -0.4 is 10.2 Å². The van der Waals surface area contributed by atoms with Gasteiger partial charge in [-0.25, -0.2) is 4.79 Å². The summed E-state index contributed by atoms with van der Waals surface area (Å²) in [5.74, 6) is -0.349. The van der Waals surface area contributed by atoms with Crippen LogP contribution in [0.25, 0.3) is 0 Å². The van der Waals surface area contributed by atoms with Gasteiger partial charge in [0.05, 0.1) is 18.7 Å². The van der Waals surface area contributed by atoms with Crippen molar-refractivity contribution in [3.8, 4) is 0 Å². The second-order valence-electron chi connectivity index (χ2n) is 6.11. The van der Waals surface area contributed by atoms with Gasteiger partial charge in [0.2, 0.25) is 0 Å². The maximum absolute atomic E-state index is 12.5. The predicted octanol–water partition coefficient (Wildman–Crippen LogP) is 4.25. The zero-order valence-electron chi connectivity index (χ0n) is 14.6. The number of methoxy groups -OCH3 is 1. The van der Waals surface area contributed by atoms with Crippen molar-refractivity contribution >= 4 is 40.3 Å². The Balaban J connectivity index is 2.16. The number of benzene rings is 1. The van der Waals surface area contributed by atoms with Crippen LogP contribution in [0.3, 0.4) is 0 Å². The van der Waals surface area contributed by atoms with Crippen LogP contribution in [-0.4, -0.2) is 18.2 Å². The average Bonchev–Trinajstić information content (AvgIpc) is 3.07. The van der Waals surface area contributed by atoms with Crippen LogP contribution in [0.1, 0.15) is 29.7 Å². The van der Waals surface area contributed by atoms with Crippen molar-refractivity contribution in [1.82, 2.24) is 5.32 Å². The quantitative estimate of drug-likeness (QED) is 0.644. The highest BCUT2D eigenvalue weighted by atomic mass is 32.1. The number of hydrogen-bond donors (Lipinski definition) is 1. The summed E-state index contributed by atoms with van der Waals surface area (Å²) in [7, 11) is 1.40. The summed E-state index contributed by atoms with van der Waals surface area (Å²) in [4.78, 5) is 14.4. The van der Waals surface area contributed by atoms with Gasteiger partial charge >= 0.3 is 5.97 Å². The van der Waals surface area contributed by atoms with Gasteiger partial charge < -0.3 is 10.1 Å². The largest absolute Gasteiger partial charge is 0.466 e. The van der Waals surface area contributed by atoms with E-state index in [1.807, 2.05) is 42.5 Å². The first-order chi connectivity index (χ1) is 11.9. The lowest BCUT2D eigenvalue weighted by molar-refractivity contribution is -0.136. The molecule has 0 aliphatic carbocycles. The molecule has 1 aromatic carbocycles. The SMILES string of the molecule is COC(=O)C1=C(C)N(c2cc(C)cc(C)c2)C(=S)NC1c1ccsc1.